The molecule has 2 aliphatic heterocycles. The van der Waals surface area contributed by atoms with Crippen molar-refractivity contribution in [1.82, 2.24) is 19.4 Å². The van der Waals surface area contributed by atoms with Crippen LogP contribution in [0.15, 0.2) is 40.7 Å². The highest BCUT2D eigenvalue weighted by molar-refractivity contribution is 8.15. The van der Waals surface area contributed by atoms with Crippen molar-refractivity contribution in [2.24, 2.45) is 12.0 Å². The first kappa shape index (κ1) is 27.3. The van der Waals surface area contributed by atoms with Gasteiger partial charge in [0.2, 0.25) is 5.16 Å². The van der Waals surface area contributed by atoms with Crippen molar-refractivity contribution in [3.05, 3.63) is 36.3 Å². The number of aromatic nitrogens is 3. The summed E-state index contributed by atoms with van der Waals surface area (Å²) in [5.74, 6) is 2.01. The molecule has 0 saturated carbocycles. The number of hydrogen-bond donors (Lipinski definition) is 1. The molecule has 1 unspecified atom stereocenters. The SMILES string of the molecule is COCCOc1cc(N(C)S(=O)(=O)c2nccn2C)c2[nH]c(C3=NCC(CN4CC[S+]([O-])CC4)S3)cc2c1. The first-order valence-corrected chi connectivity index (χ1v) is 16.1. The normalized spacial score (nSPS) is 19.3. The number of ether oxygens (including phenoxy) is 2. The van der Waals surface area contributed by atoms with E-state index in [1.54, 1.807) is 38.2 Å². The number of methoxy groups -OCH3 is 1. The van der Waals surface area contributed by atoms with Gasteiger partial charge in [0.1, 0.15) is 28.9 Å². The first-order valence-electron chi connectivity index (χ1n) is 12.3. The second-order valence-electron chi connectivity index (χ2n) is 9.26. The number of rotatable bonds is 10. The number of hydrogen-bond acceptors (Lipinski definition) is 9. The number of nitrogens with zero attached hydrogens (tertiary/aromatic N) is 5. The molecule has 1 saturated heterocycles. The second kappa shape index (κ2) is 11.5. The summed E-state index contributed by atoms with van der Waals surface area (Å²) in [6.07, 6.45) is 3.06. The molecule has 0 bridgehead atoms. The quantitative estimate of drug-likeness (QED) is 0.283. The number of aryl methyl sites for hydroxylation is 1. The van der Waals surface area contributed by atoms with Gasteiger partial charge in [0.15, 0.2) is 0 Å². The zero-order valence-corrected chi connectivity index (χ0v) is 24.1. The maximum atomic E-state index is 13.5. The number of sulfonamides is 1. The van der Waals surface area contributed by atoms with Crippen molar-refractivity contribution in [2.75, 3.05) is 69.4 Å². The molecule has 0 amide bonds. The summed E-state index contributed by atoms with van der Waals surface area (Å²) < 4.78 is 52.3. The van der Waals surface area contributed by atoms with Gasteiger partial charge in [-0.05, 0) is 12.1 Å². The van der Waals surface area contributed by atoms with E-state index in [2.05, 4.69) is 14.9 Å². The summed E-state index contributed by atoms with van der Waals surface area (Å²) in [4.78, 5) is 14.6. The summed E-state index contributed by atoms with van der Waals surface area (Å²) in [5.41, 5.74) is 1.96. The number of anilines is 1. The lowest BCUT2D eigenvalue weighted by Gasteiger charge is -2.29. The van der Waals surface area contributed by atoms with Crippen molar-refractivity contribution in [1.29, 1.82) is 0 Å². The van der Waals surface area contributed by atoms with Gasteiger partial charge in [-0.25, -0.2) is 4.98 Å². The van der Waals surface area contributed by atoms with Crippen molar-refractivity contribution in [3.63, 3.8) is 0 Å². The van der Waals surface area contributed by atoms with Crippen LogP contribution in [0.4, 0.5) is 5.69 Å². The highest BCUT2D eigenvalue weighted by Gasteiger charge is 2.30. The third-order valence-corrected chi connectivity index (χ3v) is 10.9. The fraction of sp³-hybridized carbons (Fsp3) is 0.500. The highest BCUT2D eigenvalue weighted by Crippen LogP contribution is 2.36. The molecule has 38 heavy (non-hydrogen) atoms. The Morgan fingerprint density at radius 2 is 2.05 bits per heavy atom. The molecule has 1 aromatic carbocycles. The van der Waals surface area contributed by atoms with Crippen LogP contribution in [0, 0.1) is 0 Å². The Labute approximate surface area is 229 Å². The molecule has 3 aromatic rings. The lowest BCUT2D eigenvalue weighted by molar-refractivity contribution is 0.146. The molecule has 11 nitrogen and oxygen atoms in total. The average Bonchev–Trinajstić information content (AvgIpc) is 3.64. The number of thioether (sulfide) groups is 1. The Kier molecular flexibility index (Phi) is 8.26. The van der Waals surface area contributed by atoms with E-state index < -0.39 is 21.2 Å². The van der Waals surface area contributed by atoms with Crippen LogP contribution in [0.2, 0.25) is 0 Å². The number of benzene rings is 1. The first-order chi connectivity index (χ1) is 18.3. The molecule has 0 aliphatic carbocycles. The van der Waals surface area contributed by atoms with Gasteiger partial charge in [-0.2, -0.15) is 8.42 Å². The number of imidazole rings is 1. The molecule has 2 aromatic heterocycles. The minimum atomic E-state index is -3.93. The van der Waals surface area contributed by atoms with E-state index in [-0.39, 0.29) is 5.16 Å². The minimum Gasteiger partial charge on any atom is -0.616 e. The number of H-pyrrole nitrogens is 1. The zero-order valence-electron chi connectivity index (χ0n) is 21.6. The summed E-state index contributed by atoms with van der Waals surface area (Å²) in [7, 11) is 0.835. The van der Waals surface area contributed by atoms with E-state index in [4.69, 9.17) is 14.5 Å². The van der Waals surface area contributed by atoms with E-state index in [0.29, 0.717) is 42.0 Å². The van der Waals surface area contributed by atoms with Gasteiger partial charge in [-0.15, -0.1) is 0 Å². The second-order valence-corrected chi connectivity index (χ2v) is 14.1. The van der Waals surface area contributed by atoms with Gasteiger partial charge in [-0.3, -0.25) is 14.2 Å². The molecular weight excluding hydrogens is 549 g/mol. The van der Waals surface area contributed by atoms with Gasteiger partial charge in [0, 0.05) is 69.9 Å². The van der Waals surface area contributed by atoms with E-state index in [1.165, 1.54) is 22.1 Å². The highest BCUT2D eigenvalue weighted by atomic mass is 32.2. The largest absolute Gasteiger partial charge is 0.616 e. The van der Waals surface area contributed by atoms with E-state index in [0.717, 1.165) is 47.3 Å². The fourth-order valence-electron chi connectivity index (χ4n) is 4.55. The molecular formula is C24H32N6O5S3. The monoisotopic (exact) mass is 580 g/mol. The summed E-state index contributed by atoms with van der Waals surface area (Å²) in [6, 6.07) is 5.59. The van der Waals surface area contributed by atoms with Crippen LogP contribution in [0.5, 0.6) is 5.75 Å². The predicted molar refractivity (Wildman–Crippen MR) is 152 cm³/mol. The van der Waals surface area contributed by atoms with Crippen molar-refractivity contribution < 1.29 is 22.4 Å². The molecule has 5 rings (SSSR count). The molecule has 1 fully saturated rings. The topological polar surface area (TPSA) is 128 Å². The number of nitrogens with one attached hydrogen (secondary N) is 1. The van der Waals surface area contributed by atoms with Crippen LogP contribution >= 0.6 is 11.8 Å². The van der Waals surface area contributed by atoms with Crippen LogP contribution < -0.4 is 9.04 Å². The molecule has 2 aliphatic rings. The van der Waals surface area contributed by atoms with Gasteiger partial charge in [-0.1, -0.05) is 22.9 Å². The lowest BCUT2D eigenvalue weighted by Crippen LogP contribution is -2.43. The Morgan fingerprint density at radius 1 is 1.26 bits per heavy atom. The van der Waals surface area contributed by atoms with Gasteiger partial charge in [0.05, 0.1) is 30.0 Å². The molecule has 1 N–H and O–H groups in total. The van der Waals surface area contributed by atoms with Crippen LogP contribution in [-0.2, 0) is 33.0 Å². The predicted octanol–water partition coefficient (Wildman–Crippen LogP) is 1.68. The fourth-order valence-corrected chi connectivity index (χ4v) is 8.08. The van der Waals surface area contributed by atoms with Gasteiger partial charge in [0.25, 0.3) is 10.0 Å². The Bertz CT molecular complexity index is 1410. The van der Waals surface area contributed by atoms with Crippen molar-refractivity contribution in [3.8, 4) is 5.75 Å². The number of aliphatic imine (C=N–C) groups is 1. The lowest BCUT2D eigenvalue weighted by atomic mass is 10.2. The molecule has 1 atom stereocenters. The maximum Gasteiger partial charge on any atom is 0.298 e. The Hall–Kier alpha value is -2.23. The van der Waals surface area contributed by atoms with E-state index in [9.17, 15) is 13.0 Å². The standard InChI is InChI=1S/C24H32N6O5S3/c1-28-5-4-25-24(28)38(32,33)29(2)21-14-18(35-9-8-34-3)12-17-13-20(27-22(17)21)23-26-15-19(36-23)16-30-6-10-37(31)11-7-30/h4-5,12-14,19,27H,6-11,15-16H2,1-3H3. The summed E-state index contributed by atoms with van der Waals surface area (Å²) in [5, 5.41) is 1.99. The van der Waals surface area contributed by atoms with E-state index >= 15 is 0 Å². The Morgan fingerprint density at radius 3 is 2.76 bits per heavy atom. The van der Waals surface area contributed by atoms with Crippen molar-refractivity contribution >= 4 is 54.6 Å². The van der Waals surface area contributed by atoms with Crippen LogP contribution in [-0.4, -0.2) is 108 Å². The third-order valence-electron chi connectivity index (χ3n) is 6.62. The maximum absolute atomic E-state index is 13.5. The molecule has 0 radical (unpaired) electrons. The zero-order chi connectivity index (χ0) is 26.9. The van der Waals surface area contributed by atoms with Gasteiger partial charge >= 0.3 is 0 Å². The van der Waals surface area contributed by atoms with E-state index in [1.807, 2.05) is 12.1 Å². The van der Waals surface area contributed by atoms with Crippen LogP contribution in [0.25, 0.3) is 10.9 Å². The summed E-state index contributed by atoms with van der Waals surface area (Å²) in [6.45, 7) is 4.08. The van der Waals surface area contributed by atoms with Crippen LogP contribution in [0.3, 0.4) is 0 Å². The number of aromatic amines is 1. The minimum absolute atomic E-state index is 0.0502. The Balaban J connectivity index is 1.42. The van der Waals surface area contributed by atoms with Gasteiger partial charge < -0.3 is 23.6 Å². The van der Waals surface area contributed by atoms with Crippen LogP contribution in [0.1, 0.15) is 5.69 Å². The average molecular weight is 581 g/mol. The smallest absolute Gasteiger partial charge is 0.298 e. The van der Waals surface area contributed by atoms with Crippen molar-refractivity contribution in [2.45, 2.75) is 10.4 Å². The molecule has 14 heteroatoms. The molecule has 4 heterocycles. The summed E-state index contributed by atoms with van der Waals surface area (Å²) >= 11 is 1.03. The molecule has 0 spiro atoms. The molecule has 206 valence electrons. The third kappa shape index (κ3) is 5.70. The number of fused-ring (bicyclic) bond motifs is 1.